The van der Waals surface area contributed by atoms with Gasteiger partial charge in [-0.3, -0.25) is 14.9 Å². The summed E-state index contributed by atoms with van der Waals surface area (Å²) >= 11 is 12.6. The van der Waals surface area contributed by atoms with Gasteiger partial charge in [0, 0.05) is 5.02 Å². The number of ether oxygens (including phenoxy) is 2. The van der Waals surface area contributed by atoms with Crippen molar-refractivity contribution in [1.29, 1.82) is 0 Å². The normalized spacial score (nSPS) is 14.7. The van der Waals surface area contributed by atoms with Gasteiger partial charge in [0.1, 0.15) is 12.2 Å². The summed E-state index contributed by atoms with van der Waals surface area (Å²) in [7, 11) is 0. The van der Waals surface area contributed by atoms with Crippen LogP contribution in [0.2, 0.25) is 10.0 Å². The van der Waals surface area contributed by atoms with Crippen molar-refractivity contribution in [2.75, 3.05) is 11.5 Å². The molecule has 4 rings (SSSR count). The smallest absolute Gasteiger partial charge is 0.335 e. The Kier molecular flexibility index (Phi) is 7.86. The van der Waals surface area contributed by atoms with E-state index in [0.29, 0.717) is 28.7 Å². The Hall–Kier alpha value is -3.81. The molecule has 9 heteroatoms. The Bertz CT molecular complexity index is 1410. The number of nitrogens with zero attached hydrogens (tertiary/aromatic N) is 1. The van der Waals surface area contributed by atoms with Crippen LogP contribution >= 0.6 is 23.2 Å². The van der Waals surface area contributed by atoms with E-state index in [4.69, 9.17) is 32.7 Å². The van der Waals surface area contributed by atoms with Crippen LogP contribution in [-0.2, 0) is 16.2 Å². The number of rotatable bonds is 7. The monoisotopic (exact) mass is 538 g/mol. The summed E-state index contributed by atoms with van der Waals surface area (Å²) in [5, 5.41) is 2.77. The third kappa shape index (κ3) is 5.96. The predicted molar refractivity (Wildman–Crippen MR) is 143 cm³/mol. The number of urea groups is 1. The molecule has 0 aliphatic carbocycles. The van der Waals surface area contributed by atoms with E-state index in [2.05, 4.69) is 11.4 Å². The van der Waals surface area contributed by atoms with Crippen molar-refractivity contribution < 1.29 is 23.9 Å². The number of carbonyl (C=O) groups excluding carboxylic acids is 3. The molecule has 0 spiro atoms. The van der Waals surface area contributed by atoms with Gasteiger partial charge in [0.2, 0.25) is 0 Å². The number of nitrogens with one attached hydrogen (secondary N) is 1. The van der Waals surface area contributed by atoms with Crippen LogP contribution in [0.5, 0.6) is 11.5 Å². The van der Waals surface area contributed by atoms with E-state index >= 15 is 0 Å². The number of benzene rings is 3. The fourth-order valence-corrected chi connectivity index (χ4v) is 4.51. The Morgan fingerprint density at radius 2 is 1.68 bits per heavy atom. The van der Waals surface area contributed by atoms with E-state index in [0.717, 1.165) is 21.6 Å². The second-order valence-corrected chi connectivity index (χ2v) is 9.33. The lowest BCUT2D eigenvalue weighted by Gasteiger charge is -2.26. The fraction of sp³-hybridized carbons (Fsp3) is 0.179. The molecule has 1 aliphatic heterocycles. The van der Waals surface area contributed by atoms with Gasteiger partial charge < -0.3 is 9.47 Å². The van der Waals surface area contributed by atoms with Crippen LogP contribution in [0.4, 0.5) is 10.5 Å². The molecular weight excluding hydrogens is 515 g/mol. The van der Waals surface area contributed by atoms with Crippen molar-refractivity contribution in [3.8, 4) is 11.5 Å². The van der Waals surface area contributed by atoms with Gasteiger partial charge in [-0.2, -0.15) is 0 Å². The Morgan fingerprint density at radius 3 is 2.35 bits per heavy atom. The number of imide groups is 2. The molecule has 4 amide bonds. The van der Waals surface area contributed by atoms with Crippen LogP contribution < -0.4 is 19.7 Å². The minimum Gasteiger partial charge on any atom is -0.490 e. The van der Waals surface area contributed by atoms with E-state index in [9.17, 15) is 14.4 Å². The highest BCUT2D eigenvalue weighted by Crippen LogP contribution is 2.38. The van der Waals surface area contributed by atoms with E-state index in [-0.39, 0.29) is 22.9 Å². The highest BCUT2D eigenvalue weighted by atomic mass is 35.5. The highest BCUT2D eigenvalue weighted by molar-refractivity contribution is 6.39. The number of carbonyl (C=O) groups is 3. The van der Waals surface area contributed by atoms with Gasteiger partial charge in [0.05, 0.1) is 17.3 Å². The third-order valence-corrected chi connectivity index (χ3v) is 5.99. The molecule has 0 radical (unpaired) electrons. The molecule has 0 aromatic heterocycles. The zero-order valence-electron chi connectivity index (χ0n) is 20.4. The van der Waals surface area contributed by atoms with Crippen LogP contribution in [0, 0.1) is 13.8 Å². The molecule has 37 heavy (non-hydrogen) atoms. The van der Waals surface area contributed by atoms with Crippen molar-refractivity contribution in [3.05, 3.63) is 92.5 Å². The lowest BCUT2D eigenvalue weighted by molar-refractivity contribution is -0.122. The van der Waals surface area contributed by atoms with Crippen molar-refractivity contribution >= 4 is 52.8 Å². The summed E-state index contributed by atoms with van der Waals surface area (Å²) in [5.74, 6) is -0.907. The Labute approximate surface area is 224 Å². The molecule has 0 saturated carbocycles. The largest absolute Gasteiger partial charge is 0.490 e. The van der Waals surface area contributed by atoms with Gasteiger partial charge in [0.15, 0.2) is 11.5 Å². The number of halogens is 2. The summed E-state index contributed by atoms with van der Waals surface area (Å²) in [6.45, 7) is 6.47. The molecule has 0 unspecified atom stereocenters. The first kappa shape index (κ1) is 26.3. The molecule has 190 valence electrons. The van der Waals surface area contributed by atoms with E-state index in [1.165, 1.54) is 12.1 Å². The molecule has 1 N–H and O–H groups in total. The molecule has 0 atom stereocenters. The van der Waals surface area contributed by atoms with Crippen LogP contribution in [0.25, 0.3) is 6.08 Å². The second-order valence-electron chi connectivity index (χ2n) is 8.49. The Balaban J connectivity index is 1.66. The number of barbiturate groups is 1. The minimum absolute atomic E-state index is 0.233. The summed E-state index contributed by atoms with van der Waals surface area (Å²) in [4.78, 5) is 39.1. The number of hydrogen-bond donors (Lipinski definition) is 1. The molecule has 1 fully saturated rings. The molecule has 3 aromatic carbocycles. The van der Waals surface area contributed by atoms with E-state index in [1.807, 2.05) is 32.9 Å². The lowest BCUT2D eigenvalue weighted by Crippen LogP contribution is -2.54. The SMILES string of the molecule is CCOc1cc(/C=C2\C(=O)NC(=O)N(c3cccc(Cl)c3)C2=O)cc(Cl)c1OCc1cc(C)cc(C)c1. The highest BCUT2D eigenvalue weighted by Gasteiger charge is 2.37. The van der Waals surface area contributed by atoms with Crippen LogP contribution in [0.15, 0.2) is 60.2 Å². The molecule has 0 bridgehead atoms. The van der Waals surface area contributed by atoms with Crippen molar-refractivity contribution in [2.24, 2.45) is 0 Å². The molecule has 3 aromatic rings. The topological polar surface area (TPSA) is 84.9 Å². The maximum Gasteiger partial charge on any atom is 0.335 e. The molecular formula is C28H24Cl2N2O5. The molecule has 1 heterocycles. The number of aryl methyl sites for hydroxylation is 2. The van der Waals surface area contributed by atoms with Crippen LogP contribution in [-0.4, -0.2) is 24.5 Å². The van der Waals surface area contributed by atoms with Gasteiger partial charge in [-0.25, -0.2) is 9.69 Å². The maximum absolute atomic E-state index is 13.2. The minimum atomic E-state index is -0.863. The molecule has 1 aliphatic rings. The van der Waals surface area contributed by atoms with Crippen LogP contribution in [0.1, 0.15) is 29.2 Å². The van der Waals surface area contributed by atoms with Gasteiger partial charge in [-0.05, 0) is 68.3 Å². The first-order valence-electron chi connectivity index (χ1n) is 11.5. The van der Waals surface area contributed by atoms with Crippen molar-refractivity contribution in [1.82, 2.24) is 5.32 Å². The van der Waals surface area contributed by atoms with Crippen molar-refractivity contribution in [3.63, 3.8) is 0 Å². The van der Waals surface area contributed by atoms with Crippen molar-refractivity contribution in [2.45, 2.75) is 27.4 Å². The average Bonchev–Trinajstić information content (AvgIpc) is 2.81. The zero-order valence-corrected chi connectivity index (χ0v) is 21.9. The number of amides is 4. The van der Waals surface area contributed by atoms with Crippen LogP contribution in [0.3, 0.4) is 0 Å². The molecule has 7 nitrogen and oxygen atoms in total. The third-order valence-electron chi connectivity index (χ3n) is 5.48. The second kappa shape index (κ2) is 11.1. The molecule has 1 saturated heterocycles. The van der Waals surface area contributed by atoms with Gasteiger partial charge in [-0.15, -0.1) is 0 Å². The zero-order chi connectivity index (χ0) is 26.7. The summed E-state index contributed by atoms with van der Waals surface area (Å²) in [6, 6.07) is 14.7. The summed E-state index contributed by atoms with van der Waals surface area (Å²) in [5.41, 5.74) is 3.64. The maximum atomic E-state index is 13.2. The first-order chi connectivity index (χ1) is 17.7. The Morgan fingerprint density at radius 1 is 0.946 bits per heavy atom. The summed E-state index contributed by atoms with van der Waals surface area (Å²) < 4.78 is 11.8. The predicted octanol–water partition coefficient (Wildman–Crippen LogP) is 6.25. The van der Waals surface area contributed by atoms with E-state index in [1.54, 1.807) is 30.3 Å². The van der Waals surface area contributed by atoms with Gasteiger partial charge in [-0.1, -0.05) is 58.6 Å². The summed E-state index contributed by atoms with van der Waals surface area (Å²) in [6.07, 6.45) is 1.35. The average molecular weight is 539 g/mol. The standard InChI is InChI=1S/C28H24Cl2N2O5/c1-4-36-24-13-18(12-23(30)25(24)37-15-19-9-16(2)8-17(3)10-19)11-22-26(33)31-28(35)32(27(22)34)21-7-5-6-20(29)14-21/h5-14H,4,15H2,1-3H3,(H,31,33,35)/b22-11+. The van der Waals surface area contributed by atoms with Gasteiger partial charge >= 0.3 is 6.03 Å². The lowest BCUT2D eigenvalue weighted by atomic mass is 10.1. The number of hydrogen-bond acceptors (Lipinski definition) is 5. The van der Waals surface area contributed by atoms with Gasteiger partial charge in [0.25, 0.3) is 11.8 Å². The first-order valence-corrected chi connectivity index (χ1v) is 12.2. The number of anilines is 1. The quantitative estimate of drug-likeness (QED) is 0.283. The fourth-order valence-electron chi connectivity index (χ4n) is 4.06. The van der Waals surface area contributed by atoms with E-state index < -0.39 is 17.8 Å².